The summed E-state index contributed by atoms with van der Waals surface area (Å²) in [7, 11) is 0. The van der Waals surface area contributed by atoms with E-state index in [2.05, 4.69) is 18.2 Å². The Morgan fingerprint density at radius 1 is 1.64 bits per heavy atom. The fourth-order valence-corrected chi connectivity index (χ4v) is 3.14. The van der Waals surface area contributed by atoms with Crippen molar-refractivity contribution in [3.8, 4) is 0 Å². The van der Waals surface area contributed by atoms with Crippen LogP contribution in [0.15, 0.2) is 23.8 Å². The number of hydrogen-bond donors (Lipinski definition) is 1. The third-order valence-corrected chi connectivity index (χ3v) is 4.83. The first-order valence-corrected chi connectivity index (χ1v) is 6.21. The van der Waals surface area contributed by atoms with Crippen molar-refractivity contribution >= 4 is 22.8 Å². The van der Waals surface area contributed by atoms with E-state index >= 15 is 0 Å². The monoisotopic (exact) mass is 254 g/mol. The molecule has 0 aromatic carbocycles. The number of carboxylic acids is 1. The van der Waals surface area contributed by atoms with E-state index in [-0.39, 0.29) is 0 Å². The molecule has 2 rings (SSSR count). The third-order valence-electron chi connectivity index (χ3n) is 3.28. The molecule has 0 aromatic heterocycles. The standard InChI is InChI=1S/C11H15AsO2/c12-11(10(13)14)6-5-8-3-1-2-4-9(8)7-11/h1-2,4,8H,3,5-7,12H2,(H,13,14). The van der Waals surface area contributed by atoms with Crippen molar-refractivity contribution < 1.29 is 9.90 Å². The summed E-state index contributed by atoms with van der Waals surface area (Å²) in [5.74, 6) is 0.00891. The average Bonchev–Trinajstić information content (AvgIpc) is 2.17. The summed E-state index contributed by atoms with van der Waals surface area (Å²) in [6, 6.07) is 0. The van der Waals surface area contributed by atoms with Gasteiger partial charge in [-0.15, -0.1) is 0 Å². The molecule has 76 valence electrons. The Bertz CT molecular complexity index is 319. The molecule has 3 atom stereocenters. The Morgan fingerprint density at radius 2 is 2.43 bits per heavy atom. The van der Waals surface area contributed by atoms with Gasteiger partial charge < -0.3 is 0 Å². The zero-order valence-corrected chi connectivity index (χ0v) is 10.5. The van der Waals surface area contributed by atoms with Crippen LogP contribution in [0.2, 0.25) is 4.20 Å². The minimum atomic E-state index is -0.619. The minimum absolute atomic E-state index is 0.458. The molecule has 2 aliphatic rings. The molecule has 1 fully saturated rings. The van der Waals surface area contributed by atoms with Crippen LogP contribution in [0.4, 0.5) is 0 Å². The Morgan fingerprint density at radius 3 is 3.14 bits per heavy atom. The van der Waals surface area contributed by atoms with E-state index in [9.17, 15) is 4.79 Å². The number of carboxylic acid groups (broad SMARTS) is 1. The molecule has 0 bridgehead atoms. The summed E-state index contributed by atoms with van der Waals surface area (Å²) < 4.78 is -0.458. The Kier molecular flexibility index (Phi) is 2.57. The first-order valence-electron chi connectivity index (χ1n) is 5.00. The molecule has 3 heteroatoms. The van der Waals surface area contributed by atoms with E-state index in [4.69, 9.17) is 5.11 Å². The van der Waals surface area contributed by atoms with Crippen LogP contribution in [-0.2, 0) is 4.79 Å². The van der Waals surface area contributed by atoms with Gasteiger partial charge in [0, 0.05) is 0 Å². The molecule has 3 unspecified atom stereocenters. The van der Waals surface area contributed by atoms with Gasteiger partial charge in [-0.2, -0.15) is 0 Å². The number of aliphatic carboxylic acids is 1. The van der Waals surface area contributed by atoms with Gasteiger partial charge >= 0.3 is 92.3 Å². The molecule has 1 N–H and O–H groups in total. The van der Waals surface area contributed by atoms with E-state index in [1.54, 1.807) is 0 Å². The summed E-state index contributed by atoms with van der Waals surface area (Å²) in [5, 5.41) is 9.16. The fourth-order valence-electron chi connectivity index (χ4n) is 2.30. The summed E-state index contributed by atoms with van der Waals surface area (Å²) in [6.07, 6.45) is 10.1. The van der Waals surface area contributed by atoms with Crippen molar-refractivity contribution in [1.29, 1.82) is 0 Å². The number of hydrogen-bond acceptors (Lipinski definition) is 1. The van der Waals surface area contributed by atoms with Crippen molar-refractivity contribution in [2.45, 2.75) is 29.9 Å². The second kappa shape index (κ2) is 3.58. The van der Waals surface area contributed by atoms with Crippen molar-refractivity contribution in [3.63, 3.8) is 0 Å². The van der Waals surface area contributed by atoms with Crippen LogP contribution < -0.4 is 0 Å². The number of rotatable bonds is 1. The third kappa shape index (κ3) is 1.68. The van der Waals surface area contributed by atoms with Crippen LogP contribution in [0.5, 0.6) is 0 Å². The zero-order valence-electron chi connectivity index (χ0n) is 8.07. The average molecular weight is 254 g/mol. The van der Waals surface area contributed by atoms with Crippen LogP contribution in [0.3, 0.4) is 0 Å². The molecule has 2 aliphatic carbocycles. The maximum absolute atomic E-state index is 11.1. The molecular weight excluding hydrogens is 239 g/mol. The molecule has 0 aromatic rings. The Labute approximate surface area is 92.6 Å². The van der Waals surface area contributed by atoms with Gasteiger partial charge in [-0.25, -0.2) is 0 Å². The van der Waals surface area contributed by atoms with E-state index in [0.29, 0.717) is 5.92 Å². The predicted octanol–water partition coefficient (Wildman–Crippen LogP) is 1.55. The molecule has 1 saturated carbocycles. The van der Waals surface area contributed by atoms with Crippen LogP contribution in [0.25, 0.3) is 0 Å². The van der Waals surface area contributed by atoms with Gasteiger partial charge in [0.25, 0.3) is 0 Å². The number of fused-ring (bicyclic) bond motifs is 1. The van der Waals surface area contributed by atoms with Crippen molar-refractivity contribution in [1.82, 2.24) is 0 Å². The first kappa shape index (κ1) is 10.0. The first-order chi connectivity index (χ1) is 6.62. The Balaban J connectivity index is 2.20. The summed E-state index contributed by atoms with van der Waals surface area (Å²) in [6.45, 7) is 0. The second-order valence-corrected chi connectivity index (χ2v) is 6.60. The van der Waals surface area contributed by atoms with Crippen molar-refractivity contribution in [2.24, 2.45) is 5.92 Å². The summed E-state index contributed by atoms with van der Waals surface area (Å²) >= 11 is 1.37. The summed E-state index contributed by atoms with van der Waals surface area (Å²) in [4.78, 5) is 11.1. The molecule has 0 aliphatic heterocycles. The van der Waals surface area contributed by atoms with Crippen LogP contribution in [0.1, 0.15) is 25.7 Å². The van der Waals surface area contributed by atoms with Crippen LogP contribution in [0, 0.1) is 5.92 Å². The van der Waals surface area contributed by atoms with Crippen LogP contribution >= 0.6 is 0 Å². The summed E-state index contributed by atoms with van der Waals surface area (Å²) in [5.41, 5.74) is 1.35. The van der Waals surface area contributed by atoms with Gasteiger partial charge in [-0.05, 0) is 0 Å². The van der Waals surface area contributed by atoms with E-state index in [0.717, 1.165) is 25.7 Å². The topological polar surface area (TPSA) is 37.3 Å². The van der Waals surface area contributed by atoms with Gasteiger partial charge in [-0.1, -0.05) is 0 Å². The van der Waals surface area contributed by atoms with Gasteiger partial charge in [0.05, 0.1) is 0 Å². The van der Waals surface area contributed by atoms with E-state index in [1.807, 2.05) is 0 Å². The van der Waals surface area contributed by atoms with Crippen LogP contribution in [-0.4, -0.2) is 27.9 Å². The molecule has 0 spiro atoms. The van der Waals surface area contributed by atoms with Crippen molar-refractivity contribution in [2.75, 3.05) is 0 Å². The molecule has 0 heterocycles. The number of allylic oxidation sites excluding steroid dienone is 4. The fraction of sp³-hybridized carbons (Fsp3) is 0.545. The molecule has 0 amide bonds. The molecule has 0 radical (unpaired) electrons. The molecule has 2 nitrogen and oxygen atoms in total. The SMILES string of the molecule is O=C(O)C1([AsH2])CCC2CC=CC=C2C1. The molecular formula is C11H15AsO2. The van der Waals surface area contributed by atoms with Gasteiger partial charge in [0.1, 0.15) is 0 Å². The molecule has 0 saturated heterocycles. The van der Waals surface area contributed by atoms with E-state index < -0.39 is 10.2 Å². The zero-order chi connectivity index (χ0) is 10.2. The number of carbonyl (C=O) groups is 1. The maximum atomic E-state index is 11.1. The van der Waals surface area contributed by atoms with Gasteiger partial charge in [0.15, 0.2) is 0 Å². The Hall–Kier alpha value is -0.492. The normalized spacial score (nSPS) is 36.1. The van der Waals surface area contributed by atoms with E-state index in [1.165, 1.54) is 22.4 Å². The quantitative estimate of drug-likeness (QED) is 0.721. The van der Waals surface area contributed by atoms with Gasteiger partial charge in [0.2, 0.25) is 0 Å². The van der Waals surface area contributed by atoms with Gasteiger partial charge in [-0.3, -0.25) is 0 Å². The molecule has 14 heavy (non-hydrogen) atoms. The van der Waals surface area contributed by atoms with Crippen molar-refractivity contribution in [3.05, 3.63) is 23.8 Å². The second-order valence-electron chi connectivity index (χ2n) is 4.28. The predicted molar refractivity (Wildman–Crippen MR) is 58.1 cm³/mol.